The number of rotatable bonds is 7. The molecule has 1 heterocycles. The number of ether oxygens (including phenoxy) is 1. The summed E-state index contributed by atoms with van der Waals surface area (Å²) in [7, 11) is 0. The third-order valence-corrected chi connectivity index (χ3v) is 3.94. The highest BCUT2D eigenvalue weighted by atomic mass is 16.5. The van der Waals surface area contributed by atoms with Gasteiger partial charge in [0.2, 0.25) is 0 Å². The van der Waals surface area contributed by atoms with Crippen LogP contribution in [0, 0.1) is 5.92 Å². The van der Waals surface area contributed by atoms with Crippen LogP contribution in [0.2, 0.25) is 0 Å². The Bertz CT molecular complexity index is 697. The Kier molecular flexibility index (Phi) is 6.69. The second-order valence-electron chi connectivity index (χ2n) is 6.18. The Balaban J connectivity index is 1.94. The molecule has 2 rings (SSSR count). The van der Waals surface area contributed by atoms with E-state index in [2.05, 4.69) is 29.4 Å². The fraction of sp³-hybridized carbons (Fsp3) is 0.350. The maximum Gasteiger partial charge on any atom is 0.357 e. The number of esters is 1. The van der Waals surface area contributed by atoms with Gasteiger partial charge >= 0.3 is 5.97 Å². The van der Waals surface area contributed by atoms with Gasteiger partial charge in [0.1, 0.15) is 5.69 Å². The Morgan fingerprint density at radius 1 is 1.12 bits per heavy atom. The number of hydrogen-bond donors (Lipinski definition) is 1. The quantitative estimate of drug-likeness (QED) is 0.785. The lowest BCUT2D eigenvalue weighted by atomic mass is 9.95. The molecule has 1 N–H and O–H groups in total. The summed E-state index contributed by atoms with van der Waals surface area (Å²) in [4.78, 5) is 27.9. The minimum atomic E-state index is -0.607. The van der Waals surface area contributed by atoms with E-state index in [-0.39, 0.29) is 30.2 Å². The summed E-state index contributed by atoms with van der Waals surface area (Å²) < 4.78 is 5.03. The van der Waals surface area contributed by atoms with Crippen LogP contribution in [0.5, 0.6) is 0 Å². The van der Waals surface area contributed by atoms with Crippen LogP contribution in [0.25, 0.3) is 0 Å². The molecular weight excluding hydrogens is 316 g/mol. The first-order chi connectivity index (χ1) is 12.0. The number of benzene rings is 1. The molecule has 5 heteroatoms. The summed E-state index contributed by atoms with van der Waals surface area (Å²) in [5.74, 6) is -0.727. The minimum absolute atomic E-state index is 0.132. The van der Waals surface area contributed by atoms with E-state index in [1.807, 2.05) is 26.0 Å². The van der Waals surface area contributed by atoms with E-state index < -0.39 is 5.97 Å². The predicted molar refractivity (Wildman–Crippen MR) is 96.1 cm³/mol. The number of hydrogen-bond acceptors (Lipinski definition) is 4. The molecule has 0 saturated carbocycles. The van der Waals surface area contributed by atoms with Crippen molar-refractivity contribution in [2.24, 2.45) is 5.92 Å². The smallest absolute Gasteiger partial charge is 0.357 e. The molecule has 132 valence electrons. The van der Waals surface area contributed by atoms with Gasteiger partial charge in [-0.3, -0.25) is 4.79 Å². The van der Waals surface area contributed by atoms with Crippen molar-refractivity contribution in [3.63, 3.8) is 0 Å². The molecule has 0 saturated heterocycles. The lowest BCUT2D eigenvalue weighted by Crippen LogP contribution is -2.35. The predicted octanol–water partition coefficient (Wildman–Crippen LogP) is 3.31. The van der Waals surface area contributed by atoms with Gasteiger partial charge in [0, 0.05) is 6.20 Å². The van der Waals surface area contributed by atoms with Crippen LogP contribution < -0.4 is 5.32 Å². The molecule has 1 amide bonds. The SMILES string of the molecule is CCc1ccc([C@@H](NC(=O)COC(=O)c2ccccn2)C(C)C)cc1. The third-order valence-electron chi connectivity index (χ3n) is 3.94. The van der Waals surface area contributed by atoms with Crippen molar-refractivity contribution in [3.8, 4) is 0 Å². The Hall–Kier alpha value is -2.69. The summed E-state index contributed by atoms with van der Waals surface area (Å²) in [6.45, 7) is 5.86. The Morgan fingerprint density at radius 3 is 2.40 bits per heavy atom. The van der Waals surface area contributed by atoms with Gasteiger partial charge in [-0.2, -0.15) is 0 Å². The lowest BCUT2D eigenvalue weighted by molar-refractivity contribution is -0.125. The van der Waals surface area contributed by atoms with Crippen LogP contribution in [0.3, 0.4) is 0 Å². The Morgan fingerprint density at radius 2 is 1.84 bits per heavy atom. The van der Waals surface area contributed by atoms with E-state index in [4.69, 9.17) is 4.74 Å². The second kappa shape index (κ2) is 8.97. The van der Waals surface area contributed by atoms with Crippen molar-refractivity contribution >= 4 is 11.9 Å². The van der Waals surface area contributed by atoms with E-state index >= 15 is 0 Å². The highest BCUT2D eigenvalue weighted by molar-refractivity contribution is 5.89. The molecule has 0 aliphatic rings. The van der Waals surface area contributed by atoms with E-state index in [9.17, 15) is 9.59 Å². The van der Waals surface area contributed by atoms with E-state index in [1.165, 1.54) is 11.8 Å². The molecule has 25 heavy (non-hydrogen) atoms. The summed E-state index contributed by atoms with van der Waals surface area (Å²) in [5.41, 5.74) is 2.48. The second-order valence-corrected chi connectivity index (χ2v) is 6.18. The topological polar surface area (TPSA) is 68.3 Å². The number of nitrogens with zero attached hydrogens (tertiary/aromatic N) is 1. The molecule has 0 radical (unpaired) electrons. The molecule has 5 nitrogen and oxygen atoms in total. The van der Waals surface area contributed by atoms with Crippen LogP contribution in [-0.4, -0.2) is 23.5 Å². The van der Waals surface area contributed by atoms with Crippen LogP contribution in [0.4, 0.5) is 0 Å². The van der Waals surface area contributed by atoms with Crippen LogP contribution in [-0.2, 0) is 16.0 Å². The van der Waals surface area contributed by atoms with E-state index in [1.54, 1.807) is 18.2 Å². The number of nitrogens with one attached hydrogen (secondary N) is 1. The number of amides is 1. The molecule has 0 fully saturated rings. The lowest BCUT2D eigenvalue weighted by Gasteiger charge is -2.23. The molecular formula is C20H24N2O3. The number of aromatic nitrogens is 1. The molecule has 0 aliphatic carbocycles. The van der Waals surface area contributed by atoms with Crippen molar-refractivity contribution < 1.29 is 14.3 Å². The van der Waals surface area contributed by atoms with Gasteiger partial charge in [0.05, 0.1) is 6.04 Å². The largest absolute Gasteiger partial charge is 0.451 e. The first-order valence-corrected chi connectivity index (χ1v) is 8.47. The zero-order valence-corrected chi connectivity index (χ0v) is 14.9. The molecule has 0 aliphatic heterocycles. The molecule has 1 atom stereocenters. The van der Waals surface area contributed by atoms with Crippen molar-refractivity contribution in [1.82, 2.24) is 10.3 Å². The molecule has 2 aromatic rings. The van der Waals surface area contributed by atoms with Gasteiger partial charge in [-0.15, -0.1) is 0 Å². The first kappa shape index (κ1) is 18.6. The highest BCUT2D eigenvalue weighted by Gasteiger charge is 2.19. The average molecular weight is 340 g/mol. The van der Waals surface area contributed by atoms with E-state index in [0.29, 0.717) is 0 Å². The zero-order valence-electron chi connectivity index (χ0n) is 14.9. The van der Waals surface area contributed by atoms with Gasteiger partial charge in [0.15, 0.2) is 6.61 Å². The summed E-state index contributed by atoms with van der Waals surface area (Å²) in [5, 5.41) is 2.94. The number of carbonyl (C=O) groups is 2. The van der Waals surface area contributed by atoms with Gasteiger partial charge in [-0.25, -0.2) is 9.78 Å². The fourth-order valence-electron chi connectivity index (χ4n) is 2.50. The molecule has 0 spiro atoms. The average Bonchev–Trinajstić information content (AvgIpc) is 2.64. The maximum absolute atomic E-state index is 12.2. The van der Waals surface area contributed by atoms with Gasteiger partial charge in [0.25, 0.3) is 5.91 Å². The Labute approximate surface area is 148 Å². The number of carbonyl (C=O) groups excluding carboxylic acids is 2. The van der Waals surface area contributed by atoms with Gasteiger partial charge in [-0.05, 0) is 35.6 Å². The zero-order chi connectivity index (χ0) is 18.2. The normalized spacial score (nSPS) is 11.8. The van der Waals surface area contributed by atoms with Crippen LogP contribution in [0.15, 0.2) is 48.7 Å². The molecule has 1 aromatic carbocycles. The summed E-state index contributed by atoms with van der Waals surface area (Å²) >= 11 is 0. The third kappa shape index (κ3) is 5.41. The molecule has 0 unspecified atom stereocenters. The number of pyridine rings is 1. The summed E-state index contributed by atoms with van der Waals surface area (Å²) in [6.07, 6.45) is 2.48. The molecule has 1 aromatic heterocycles. The first-order valence-electron chi connectivity index (χ1n) is 8.47. The standard InChI is InChI=1S/C20H24N2O3/c1-4-15-8-10-16(11-9-15)19(14(2)3)22-18(23)13-25-20(24)17-7-5-6-12-21-17/h5-12,14,19H,4,13H2,1-3H3,(H,22,23)/t19-/m0/s1. The van der Waals surface area contributed by atoms with Gasteiger partial charge < -0.3 is 10.1 Å². The fourth-order valence-corrected chi connectivity index (χ4v) is 2.50. The van der Waals surface area contributed by atoms with Crippen LogP contribution in [0.1, 0.15) is 48.4 Å². The monoisotopic (exact) mass is 340 g/mol. The van der Waals surface area contributed by atoms with Gasteiger partial charge in [-0.1, -0.05) is 51.1 Å². The maximum atomic E-state index is 12.2. The van der Waals surface area contributed by atoms with Crippen LogP contribution >= 0.6 is 0 Å². The number of aryl methyl sites for hydroxylation is 1. The van der Waals surface area contributed by atoms with Crippen molar-refractivity contribution in [1.29, 1.82) is 0 Å². The van der Waals surface area contributed by atoms with Crippen molar-refractivity contribution in [2.75, 3.05) is 6.61 Å². The highest BCUT2D eigenvalue weighted by Crippen LogP contribution is 2.22. The minimum Gasteiger partial charge on any atom is -0.451 e. The summed E-state index contributed by atoms with van der Waals surface area (Å²) in [6, 6.07) is 13.0. The van der Waals surface area contributed by atoms with Crippen molar-refractivity contribution in [2.45, 2.75) is 33.2 Å². The molecule has 0 bridgehead atoms. The van der Waals surface area contributed by atoms with Crippen molar-refractivity contribution in [3.05, 3.63) is 65.5 Å². The van der Waals surface area contributed by atoms with E-state index in [0.717, 1.165) is 12.0 Å².